The summed E-state index contributed by atoms with van der Waals surface area (Å²) in [7, 11) is 0. The molecule has 0 aliphatic rings. The summed E-state index contributed by atoms with van der Waals surface area (Å²) in [6, 6.07) is 11.6. The van der Waals surface area contributed by atoms with Crippen molar-refractivity contribution in [3.63, 3.8) is 0 Å². The summed E-state index contributed by atoms with van der Waals surface area (Å²) in [5, 5.41) is 11.7. The van der Waals surface area contributed by atoms with Gasteiger partial charge in [0.2, 0.25) is 0 Å². The van der Waals surface area contributed by atoms with Crippen LogP contribution in [0.4, 0.5) is 5.69 Å². The summed E-state index contributed by atoms with van der Waals surface area (Å²) in [5.74, 6) is 0. The molecule has 146 valence electrons. The Kier molecular flexibility index (Phi) is 5.31. The first-order chi connectivity index (χ1) is 12.1. The molecule has 0 saturated heterocycles. The first kappa shape index (κ1) is 21.1. The van der Waals surface area contributed by atoms with Crippen molar-refractivity contribution >= 4 is 5.69 Å². The second-order valence-electron chi connectivity index (χ2n) is 10.5. The zero-order chi connectivity index (χ0) is 20.8. The van der Waals surface area contributed by atoms with Gasteiger partial charge >= 0.3 is 0 Å². The van der Waals surface area contributed by atoms with Crippen LogP contribution in [-0.2, 0) is 16.2 Å². The van der Waals surface area contributed by atoms with Gasteiger partial charge in [0.1, 0.15) is 0 Å². The Hall–Kier alpha value is -2.16. The number of hydrogen-bond donors (Lipinski definition) is 0. The highest BCUT2D eigenvalue weighted by atomic mass is 16.6. The third-order valence-electron chi connectivity index (χ3n) is 4.99. The van der Waals surface area contributed by atoms with Crippen molar-refractivity contribution in [2.45, 2.75) is 78.6 Å². The van der Waals surface area contributed by atoms with Crippen LogP contribution >= 0.6 is 0 Å². The van der Waals surface area contributed by atoms with Crippen LogP contribution < -0.4 is 0 Å². The molecule has 0 unspecified atom stereocenters. The SMILES string of the molecule is CC(C)(C)c1cc(C(C)(C)C)c(-c2ccccc2[N+](=O)[O-])c(C(C)(C)C)c1. The molecular formula is C24H33NO2. The Morgan fingerprint density at radius 1 is 0.741 bits per heavy atom. The molecule has 0 saturated carbocycles. The molecule has 2 aromatic rings. The Morgan fingerprint density at radius 2 is 1.19 bits per heavy atom. The first-order valence-corrected chi connectivity index (χ1v) is 9.57. The van der Waals surface area contributed by atoms with Crippen LogP contribution in [0, 0.1) is 10.1 Å². The van der Waals surface area contributed by atoms with E-state index in [-0.39, 0.29) is 26.9 Å². The van der Waals surface area contributed by atoms with Crippen LogP contribution in [0.3, 0.4) is 0 Å². The van der Waals surface area contributed by atoms with Gasteiger partial charge in [0.25, 0.3) is 5.69 Å². The minimum Gasteiger partial charge on any atom is -0.258 e. The fourth-order valence-corrected chi connectivity index (χ4v) is 3.39. The molecular weight excluding hydrogens is 334 g/mol. The van der Waals surface area contributed by atoms with Gasteiger partial charge < -0.3 is 0 Å². The number of para-hydroxylation sites is 1. The van der Waals surface area contributed by atoms with E-state index in [1.54, 1.807) is 12.1 Å². The second-order valence-corrected chi connectivity index (χ2v) is 10.5. The standard InChI is InChI=1S/C24H33NO2/c1-22(2,3)16-14-18(23(4,5)6)21(19(15-16)24(7,8)9)17-12-10-11-13-20(17)25(26)27/h10-15H,1-9H3. The highest BCUT2D eigenvalue weighted by Crippen LogP contribution is 2.45. The van der Waals surface area contributed by atoms with Gasteiger partial charge in [-0.15, -0.1) is 0 Å². The molecule has 0 aromatic heterocycles. The molecule has 2 aromatic carbocycles. The van der Waals surface area contributed by atoms with Crippen LogP contribution in [-0.4, -0.2) is 4.92 Å². The number of hydrogen-bond acceptors (Lipinski definition) is 2. The summed E-state index contributed by atoms with van der Waals surface area (Å²) in [6.45, 7) is 19.7. The average Bonchev–Trinajstić information content (AvgIpc) is 2.51. The van der Waals surface area contributed by atoms with Crippen molar-refractivity contribution in [3.8, 4) is 11.1 Å². The summed E-state index contributed by atoms with van der Waals surface area (Å²) in [6.07, 6.45) is 0. The normalized spacial score (nSPS) is 12.9. The van der Waals surface area contributed by atoms with Crippen LogP contribution in [0.5, 0.6) is 0 Å². The second kappa shape index (κ2) is 6.78. The molecule has 0 N–H and O–H groups in total. The van der Waals surface area contributed by atoms with Gasteiger partial charge in [-0.2, -0.15) is 0 Å². The topological polar surface area (TPSA) is 43.1 Å². The predicted molar refractivity (Wildman–Crippen MR) is 115 cm³/mol. The largest absolute Gasteiger partial charge is 0.277 e. The van der Waals surface area contributed by atoms with Gasteiger partial charge in [0.05, 0.1) is 10.5 Å². The van der Waals surface area contributed by atoms with E-state index in [1.165, 1.54) is 5.56 Å². The van der Waals surface area contributed by atoms with Crippen molar-refractivity contribution in [1.82, 2.24) is 0 Å². The minimum atomic E-state index is -0.272. The maximum atomic E-state index is 11.7. The van der Waals surface area contributed by atoms with Crippen molar-refractivity contribution in [2.75, 3.05) is 0 Å². The Balaban J connectivity index is 3.06. The number of nitro groups is 1. The third-order valence-corrected chi connectivity index (χ3v) is 4.99. The monoisotopic (exact) mass is 367 g/mol. The number of rotatable bonds is 2. The summed E-state index contributed by atoms with van der Waals surface area (Å²) in [4.78, 5) is 11.5. The average molecular weight is 368 g/mol. The third kappa shape index (κ3) is 4.40. The van der Waals surface area contributed by atoms with E-state index in [0.717, 1.165) is 16.7 Å². The quantitative estimate of drug-likeness (QED) is 0.417. The van der Waals surface area contributed by atoms with Gasteiger partial charge in [-0.1, -0.05) is 86.6 Å². The van der Waals surface area contributed by atoms with Crippen molar-refractivity contribution in [2.24, 2.45) is 0 Å². The van der Waals surface area contributed by atoms with E-state index >= 15 is 0 Å². The smallest absolute Gasteiger partial charge is 0.258 e. The summed E-state index contributed by atoms with van der Waals surface area (Å²) in [5.41, 5.74) is 5.19. The van der Waals surface area contributed by atoms with Gasteiger partial charge in [-0.3, -0.25) is 10.1 Å². The first-order valence-electron chi connectivity index (χ1n) is 9.57. The molecule has 0 spiro atoms. The molecule has 0 aliphatic heterocycles. The maximum absolute atomic E-state index is 11.7. The zero-order valence-corrected chi connectivity index (χ0v) is 18.2. The van der Waals surface area contributed by atoms with E-state index < -0.39 is 0 Å². The van der Waals surface area contributed by atoms with Crippen molar-refractivity contribution in [3.05, 3.63) is 63.2 Å². The highest BCUT2D eigenvalue weighted by Gasteiger charge is 2.32. The molecule has 0 amide bonds. The van der Waals surface area contributed by atoms with Crippen LogP contribution in [0.1, 0.15) is 79.0 Å². The van der Waals surface area contributed by atoms with Gasteiger partial charge in [0, 0.05) is 6.07 Å². The lowest BCUT2D eigenvalue weighted by atomic mass is 9.71. The molecule has 3 nitrogen and oxygen atoms in total. The molecule has 27 heavy (non-hydrogen) atoms. The summed E-state index contributed by atoms with van der Waals surface area (Å²) >= 11 is 0. The molecule has 0 bridgehead atoms. The van der Waals surface area contributed by atoms with Crippen molar-refractivity contribution in [1.29, 1.82) is 0 Å². The van der Waals surface area contributed by atoms with Crippen LogP contribution in [0.2, 0.25) is 0 Å². The predicted octanol–water partition coefficient (Wildman–Crippen LogP) is 7.15. The van der Waals surface area contributed by atoms with E-state index in [4.69, 9.17) is 0 Å². The highest BCUT2D eigenvalue weighted by molar-refractivity contribution is 5.81. The van der Waals surface area contributed by atoms with E-state index in [1.807, 2.05) is 12.1 Å². The molecule has 0 heterocycles. The van der Waals surface area contributed by atoms with Gasteiger partial charge in [0.15, 0.2) is 0 Å². The fourth-order valence-electron chi connectivity index (χ4n) is 3.39. The van der Waals surface area contributed by atoms with E-state index in [2.05, 4.69) is 74.4 Å². The lowest BCUT2D eigenvalue weighted by molar-refractivity contribution is -0.384. The minimum absolute atomic E-state index is 0.00114. The lowest BCUT2D eigenvalue weighted by Crippen LogP contribution is -2.23. The van der Waals surface area contributed by atoms with Crippen LogP contribution in [0.25, 0.3) is 11.1 Å². The fraction of sp³-hybridized carbons (Fsp3) is 0.500. The number of benzene rings is 2. The zero-order valence-electron chi connectivity index (χ0n) is 18.2. The van der Waals surface area contributed by atoms with E-state index in [9.17, 15) is 10.1 Å². The Morgan fingerprint density at radius 3 is 1.56 bits per heavy atom. The summed E-state index contributed by atoms with van der Waals surface area (Å²) < 4.78 is 0. The van der Waals surface area contributed by atoms with Crippen LogP contribution in [0.15, 0.2) is 36.4 Å². The number of nitrogens with zero attached hydrogens (tertiary/aromatic N) is 1. The van der Waals surface area contributed by atoms with E-state index in [0.29, 0.717) is 5.56 Å². The molecule has 3 heteroatoms. The molecule has 0 radical (unpaired) electrons. The van der Waals surface area contributed by atoms with Gasteiger partial charge in [-0.05, 0) is 44.6 Å². The lowest BCUT2D eigenvalue weighted by Gasteiger charge is -2.33. The molecule has 2 rings (SSSR count). The van der Waals surface area contributed by atoms with Crippen molar-refractivity contribution < 1.29 is 4.92 Å². The molecule has 0 atom stereocenters. The number of nitro benzene ring substituents is 1. The Labute approximate surface area is 164 Å². The maximum Gasteiger partial charge on any atom is 0.277 e. The Bertz CT molecular complexity index is 824. The molecule has 0 fully saturated rings. The van der Waals surface area contributed by atoms with Gasteiger partial charge in [-0.25, -0.2) is 0 Å². The molecule has 0 aliphatic carbocycles.